The fraction of sp³-hybridized carbons (Fsp3) is 0.538. The van der Waals surface area contributed by atoms with Crippen LogP contribution in [0.3, 0.4) is 0 Å². The maximum absolute atomic E-state index is 11.1. The summed E-state index contributed by atoms with van der Waals surface area (Å²) < 4.78 is 0. The van der Waals surface area contributed by atoms with Gasteiger partial charge in [0.25, 0.3) is 11.4 Å². The first-order valence-corrected chi connectivity index (χ1v) is 6.83. The van der Waals surface area contributed by atoms with Gasteiger partial charge in [-0.3, -0.25) is 20.2 Å². The lowest BCUT2D eigenvalue weighted by Crippen LogP contribution is -2.34. The van der Waals surface area contributed by atoms with Gasteiger partial charge in [-0.05, 0) is 37.9 Å². The van der Waals surface area contributed by atoms with E-state index in [1.807, 2.05) is 4.90 Å². The van der Waals surface area contributed by atoms with Gasteiger partial charge in [0.15, 0.2) is 0 Å². The molecule has 0 aliphatic carbocycles. The molecule has 114 valence electrons. The van der Waals surface area contributed by atoms with Crippen molar-refractivity contribution in [1.82, 2.24) is 5.32 Å². The van der Waals surface area contributed by atoms with Crippen molar-refractivity contribution in [3.63, 3.8) is 0 Å². The second-order valence-corrected chi connectivity index (χ2v) is 5.26. The van der Waals surface area contributed by atoms with Gasteiger partial charge in [0.05, 0.1) is 15.9 Å². The van der Waals surface area contributed by atoms with Crippen LogP contribution in [0.2, 0.25) is 0 Å². The summed E-state index contributed by atoms with van der Waals surface area (Å²) in [6.07, 6.45) is 2.07. The summed E-state index contributed by atoms with van der Waals surface area (Å²) in [5.41, 5.74) is -0.0644. The number of nitro benzene ring substituents is 2. The standard InChI is InChI=1S/C13H18N4O4/c1-15(9-10-4-6-14-7-5-10)12-3-2-11(16(18)19)8-13(12)17(20)21/h2-3,8,10,14H,4-7,9H2,1H3. The number of anilines is 1. The van der Waals surface area contributed by atoms with Gasteiger partial charge in [-0.25, -0.2) is 0 Å². The van der Waals surface area contributed by atoms with Crippen molar-refractivity contribution in [2.45, 2.75) is 12.8 Å². The summed E-state index contributed by atoms with van der Waals surface area (Å²) in [7, 11) is 1.79. The van der Waals surface area contributed by atoms with E-state index in [0.29, 0.717) is 18.2 Å². The normalized spacial score (nSPS) is 15.7. The van der Waals surface area contributed by atoms with Crippen LogP contribution in [0.5, 0.6) is 0 Å². The number of hydrogen-bond acceptors (Lipinski definition) is 6. The first kappa shape index (κ1) is 15.2. The zero-order valence-electron chi connectivity index (χ0n) is 11.8. The van der Waals surface area contributed by atoms with Crippen molar-refractivity contribution in [3.05, 3.63) is 38.4 Å². The van der Waals surface area contributed by atoms with Crippen LogP contribution in [0.15, 0.2) is 18.2 Å². The topological polar surface area (TPSA) is 102 Å². The minimum Gasteiger partial charge on any atom is -0.369 e. The molecule has 1 saturated heterocycles. The average molecular weight is 294 g/mol. The third-order valence-corrected chi connectivity index (χ3v) is 3.77. The van der Waals surface area contributed by atoms with Gasteiger partial charge in [-0.2, -0.15) is 0 Å². The number of benzene rings is 1. The van der Waals surface area contributed by atoms with Crippen LogP contribution in [0.4, 0.5) is 17.1 Å². The van der Waals surface area contributed by atoms with E-state index < -0.39 is 9.85 Å². The lowest BCUT2D eigenvalue weighted by atomic mass is 9.97. The van der Waals surface area contributed by atoms with Crippen molar-refractivity contribution in [2.75, 3.05) is 31.6 Å². The van der Waals surface area contributed by atoms with E-state index in [1.165, 1.54) is 12.1 Å². The lowest BCUT2D eigenvalue weighted by molar-refractivity contribution is -0.393. The molecule has 1 fully saturated rings. The Kier molecular flexibility index (Phi) is 4.69. The Labute approximate surface area is 122 Å². The Hall–Kier alpha value is -2.22. The zero-order valence-corrected chi connectivity index (χ0v) is 11.8. The fourth-order valence-corrected chi connectivity index (χ4v) is 2.64. The van der Waals surface area contributed by atoms with Crippen LogP contribution in [0.1, 0.15) is 12.8 Å². The largest absolute Gasteiger partial charge is 0.369 e. The van der Waals surface area contributed by atoms with E-state index >= 15 is 0 Å². The lowest BCUT2D eigenvalue weighted by Gasteiger charge is -2.28. The van der Waals surface area contributed by atoms with E-state index in [-0.39, 0.29) is 11.4 Å². The van der Waals surface area contributed by atoms with E-state index in [4.69, 9.17) is 0 Å². The van der Waals surface area contributed by atoms with Crippen LogP contribution in [0.25, 0.3) is 0 Å². The number of rotatable bonds is 5. The highest BCUT2D eigenvalue weighted by Crippen LogP contribution is 2.32. The summed E-state index contributed by atoms with van der Waals surface area (Å²) >= 11 is 0. The molecule has 1 aromatic carbocycles. The third-order valence-electron chi connectivity index (χ3n) is 3.77. The van der Waals surface area contributed by atoms with Crippen molar-refractivity contribution in [2.24, 2.45) is 5.92 Å². The molecule has 1 N–H and O–H groups in total. The maximum Gasteiger partial charge on any atom is 0.299 e. The Morgan fingerprint density at radius 1 is 1.24 bits per heavy atom. The van der Waals surface area contributed by atoms with Gasteiger partial charge in [-0.15, -0.1) is 0 Å². The van der Waals surface area contributed by atoms with Crippen LogP contribution >= 0.6 is 0 Å². The molecule has 0 bridgehead atoms. The maximum atomic E-state index is 11.1. The molecular formula is C13H18N4O4. The number of nitrogens with one attached hydrogen (secondary N) is 1. The number of non-ortho nitro benzene ring substituents is 1. The zero-order chi connectivity index (χ0) is 15.4. The van der Waals surface area contributed by atoms with Crippen molar-refractivity contribution in [1.29, 1.82) is 0 Å². The molecule has 8 nitrogen and oxygen atoms in total. The predicted octanol–water partition coefficient (Wildman–Crippen LogP) is 1.94. The molecule has 0 spiro atoms. The average Bonchev–Trinajstić information content (AvgIpc) is 2.47. The van der Waals surface area contributed by atoms with Gasteiger partial charge < -0.3 is 10.2 Å². The number of piperidine rings is 1. The molecule has 0 radical (unpaired) electrons. The molecule has 8 heteroatoms. The monoisotopic (exact) mass is 294 g/mol. The minimum absolute atomic E-state index is 0.222. The first-order valence-electron chi connectivity index (χ1n) is 6.83. The molecular weight excluding hydrogens is 276 g/mol. The van der Waals surface area contributed by atoms with Gasteiger partial charge >= 0.3 is 0 Å². The molecule has 2 rings (SSSR count). The summed E-state index contributed by atoms with van der Waals surface area (Å²) in [4.78, 5) is 22.5. The number of nitrogens with zero attached hydrogens (tertiary/aromatic N) is 3. The van der Waals surface area contributed by atoms with Crippen molar-refractivity contribution >= 4 is 17.1 Å². The van der Waals surface area contributed by atoms with Gasteiger partial charge in [0.1, 0.15) is 5.69 Å². The Morgan fingerprint density at radius 3 is 2.48 bits per heavy atom. The molecule has 0 unspecified atom stereocenters. The quantitative estimate of drug-likeness (QED) is 0.657. The van der Waals surface area contributed by atoms with Crippen molar-refractivity contribution < 1.29 is 9.85 Å². The van der Waals surface area contributed by atoms with Crippen LogP contribution in [-0.4, -0.2) is 36.5 Å². The van der Waals surface area contributed by atoms with E-state index in [0.717, 1.165) is 32.0 Å². The van der Waals surface area contributed by atoms with Crippen LogP contribution in [0, 0.1) is 26.1 Å². The Morgan fingerprint density at radius 2 is 1.90 bits per heavy atom. The van der Waals surface area contributed by atoms with Crippen LogP contribution in [-0.2, 0) is 0 Å². The molecule has 0 saturated carbocycles. The molecule has 1 heterocycles. The Balaban J connectivity index is 2.20. The molecule has 0 aromatic heterocycles. The van der Waals surface area contributed by atoms with E-state index in [2.05, 4.69) is 5.32 Å². The highest BCUT2D eigenvalue weighted by atomic mass is 16.6. The SMILES string of the molecule is CN(CC1CCNCC1)c1ccc([N+](=O)[O-])cc1[N+](=O)[O-]. The molecule has 0 atom stereocenters. The summed E-state index contributed by atoms with van der Waals surface area (Å²) in [5.74, 6) is 0.478. The molecule has 0 amide bonds. The second kappa shape index (κ2) is 6.49. The van der Waals surface area contributed by atoms with Gasteiger partial charge in [0.2, 0.25) is 0 Å². The fourth-order valence-electron chi connectivity index (χ4n) is 2.64. The summed E-state index contributed by atoms with van der Waals surface area (Å²) in [6, 6.07) is 3.78. The van der Waals surface area contributed by atoms with Gasteiger partial charge in [0, 0.05) is 19.7 Å². The smallest absolute Gasteiger partial charge is 0.299 e. The molecule has 1 aliphatic heterocycles. The highest BCUT2D eigenvalue weighted by molar-refractivity contribution is 5.66. The van der Waals surface area contributed by atoms with E-state index in [9.17, 15) is 20.2 Å². The first-order chi connectivity index (χ1) is 9.99. The minimum atomic E-state index is -0.621. The number of hydrogen-bond donors (Lipinski definition) is 1. The second-order valence-electron chi connectivity index (χ2n) is 5.26. The van der Waals surface area contributed by atoms with Gasteiger partial charge in [-0.1, -0.05) is 0 Å². The van der Waals surface area contributed by atoms with Crippen LogP contribution < -0.4 is 10.2 Å². The predicted molar refractivity (Wildman–Crippen MR) is 78.6 cm³/mol. The summed E-state index contributed by atoms with van der Waals surface area (Å²) in [5, 5.41) is 25.2. The molecule has 1 aromatic rings. The Bertz CT molecular complexity index is 543. The summed E-state index contributed by atoms with van der Waals surface area (Å²) in [6.45, 7) is 2.63. The molecule has 21 heavy (non-hydrogen) atoms. The number of nitro groups is 2. The third kappa shape index (κ3) is 3.66. The van der Waals surface area contributed by atoms with E-state index in [1.54, 1.807) is 7.05 Å². The van der Waals surface area contributed by atoms with Crippen molar-refractivity contribution in [3.8, 4) is 0 Å². The molecule has 1 aliphatic rings. The highest BCUT2D eigenvalue weighted by Gasteiger charge is 2.23.